The fourth-order valence-corrected chi connectivity index (χ4v) is 28.4. The molecule has 0 saturated carbocycles. The Morgan fingerprint density at radius 3 is 1.31 bits per heavy atom. The fourth-order valence-electron chi connectivity index (χ4n) is 6.90. The van der Waals surface area contributed by atoms with Gasteiger partial charge in [-0.15, -0.1) is 0 Å². The van der Waals surface area contributed by atoms with Crippen LogP contribution in [0.25, 0.3) is 11.1 Å². The molecule has 2 aromatic rings. The van der Waals surface area contributed by atoms with Gasteiger partial charge in [0, 0.05) is 0 Å². The zero-order chi connectivity index (χ0) is 24.9. The van der Waals surface area contributed by atoms with E-state index in [4.69, 9.17) is 0 Å². The molecule has 0 spiro atoms. The summed E-state index contributed by atoms with van der Waals surface area (Å²) in [4.78, 5) is 0. The fraction of sp³-hybridized carbons (Fsp3) is 0.500. The molecule has 0 radical (unpaired) electrons. The minimum absolute atomic E-state index is 0. The van der Waals surface area contributed by atoms with Gasteiger partial charge in [-0.05, 0) is 0 Å². The Hall–Kier alpha value is -0.400. The smallest absolute Gasteiger partial charge is 1.00 e. The summed E-state index contributed by atoms with van der Waals surface area (Å²) in [6.07, 6.45) is 4.87. The molecule has 0 aromatic heterocycles. The topological polar surface area (TPSA) is 0 Å². The summed E-state index contributed by atoms with van der Waals surface area (Å²) in [5.41, 5.74) is 19.4. The second-order valence-corrected chi connectivity index (χ2v) is 29.0. The van der Waals surface area contributed by atoms with Crippen molar-refractivity contribution < 1.29 is 45.2 Å². The van der Waals surface area contributed by atoms with Crippen LogP contribution in [0.3, 0.4) is 0 Å². The van der Waals surface area contributed by atoms with Crippen LogP contribution in [-0.4, -0.2) is 5.43 Å². The van der Waals surface area contributed by atoms with Crippen molar-refractivity contribution in [2.45, 2.75) is 101 Å². The van der Waals surface area contributed by atoms with Crippen LogP contribution in [0.2, 0.25) is 13.1 Å². The molecule has 0 N–H and O–H groups in total. The predicted octanol–water partition coefficient (Wildman–Crippen LogP) is 3.48. The molecule has 2 aromatic carbocycles. The number of allylic oxidation sites excluding steroid dienone is 4. The standard InChI is InChI=1S/2C15H19.C2H6Si.2ClH.Zr/c2*1-5-6-13-8-7-10(2)14-9-11(3)12(4)15(13)14;1-3-2;;;/h2*7-9H,5-6H2,1-4H3;1-2H3;2*1H;/q;;;;;+2/p-2. The van der Waals surface area contributed by atoms with Crippen molar-refractivity contribution in [1.29, 1.82) is 0 Å². The molecule has 4 rings (SSSR count). The Kier molecular flexibility index (Phi) is 11.2. The zero-order valence-corrected chi connectivity index (χ0v) is 29.0. The average Bonchev–Trinajstić information content (AvgIpc) is 3.20. The van der Waals surface area contributed by atoms with Crippen molar-refractivity contribution in [3.63, 3.8) is 0 Å². The second kappa shape index (κ2) is 12.6. The van der Waals surface area contributed by atoms with E-state index < -0.39 is 20.4 Å². The van der Waals surface area contributed by atoms with Gasteiger partial charge in [-0.2, -0.15) is 0 Å². The summed E-state index contributed by atoms with van der Waals surface area (Å²) >= 11 is -2.02. The van der Waals surface area contributed by atoms with Gasteiger partial charge in [0.1, 0.15) is 0 Å². The molecular weight excluding hydrogens is 575 g/mol. The van der Waals surface area contributed by atoms with Crippen LogP contribution in [-0.2, 0) is 33.2 Å². The molecule has 36 heavy (non-hydrogen) atoms. The van der Waals surface area contributed by atoms with Crippen molar-refractivity contribution >= 4 is 16.6 Å². The molecule has 194 valence electrons. The molecular formula is C32H44Cl2SiZr. The summed E-state index contributed by atoms with van der Waals surface area (Å²) in [6, 6.07) is 9.76. The van der Waals surface area contributed by atoms with E-state index in [0.717, 1.165) is 7.25 Å². The Morgan fingerprint density at radius 1 is 0.639 bits per heavy atom. The van der Waals surface area contributed by atoms with Crippen molar-refractivity contribution in [2.24, 2.45) is 0 Å². The summed E-state index contributed by atoms with van der Waals surface area (Å²) in [5, 5.41) is 0. The van der Waals surface area contributed by atoms with Gasteiger partial charge in [0.05, 0.1) is 0 Å². The molecule has 2 unspecified atom stereocenters. The van der Waals surface area contributed by atoms with Gasteiger partial charge in [-0.25, -0.2) is 0 Å². The largest absolute Gasteiger partial charge is 1.00 e. The number of halogens is 2. The third kappa shape index (κ3) is 5.11. The Balaban J connectivity index is 0.00000228. The quantitative estimate of drug-likeness (QED) is 0.435. The van der Waals surface area contributed by atoms with Crippen molar-refractivity contribution in [3.05, 3.63) is 79.9 Å². The van der Waals surface area contributed by atoms with Gasteiger partial charge in [0.2, 0.25) is 0 Å². The first-order valence-electron chi connectivity index (χ1n) is 13.4. The molecule has 4 heteroatoms. The van der Waals surface area contributed by atoms with Crippen LogP contribution < -0.4 is 24.8 Å². The van der Waals surface area contributed by atoms with Gasteiger partial charge < -0.3 is 24.8 Å². The zero-order valence-electron chi connectivity index (χ0n) is 24.0. The molecule has 0 aliphatic heterocycles. The number of hydrogen-bond donors (Lipinski definition) is 0. The van der Waals surface area contributed by atoms with Gasteiger partial charge in [-0.1, -0.05) is 0 Å². The van der Waals surface area contributed by atoms with E-state index in [1.807, 2.05) is 0 Å². The summed E-state index contributed by atoms with van der Waals surface area (Å²) in [6.45, 7) is 24.7. The van der Waals surface area contributed by atoms with Crippen molar-refractivity contribution in [3.8, 4) is 0 Å². The first-order valence-corrected chi connectivity index (χ1v) is 22.5. The number of rotatable bonds is 6. The number of hydrogen-bond acceptors (Lipinski definition) is 0. The third-order valence-corrected chi connectivity index (χ3v) is 28.4. The Labute approximate surface area is 241 Å². The molecule has 2 aliphatic carbocycles. The van der Waals surface area contributed by atoms with Gasteiger partial charge >= 0.3 is 218 Å². The molecule has 2 atom stereocenters. The van der Waals surface area contributed by atoms with Crippen LogP contribution in [0.1, 0.15) is 106 Å². The van der Waals surface area contributed by atoms with E-state index in [-0.39, 0.29) is 30.2 Å². The van der Waals surface area contributed by atoms with Crippen LogP contribution in [0.15, 0.2) is 35.4 Å². The second-order valence-electron chi connectivity index (χ2n) is 11.1. The normalized spacial score (nSPS) is 17.8. The Morgan fingerprint density at radius 2 is 1.00 bits per heavy atom. The summed E-state index contributed by atoms with van der Waals surface area (Å²) in [7, 11) is 0. The third-order valence-electron chi connectivity index (χ3n) is 8.71. The van der Waals surface area contributed by atoms with Gasteiger partial charge in [-0.3, -0.25) is 0 Å². The van der Waals surface area contributed by atoms with Gasteiger partial charge in [0.25, 0.3) is 0 Å². The van der Waals surface area contributed by atoms with E-state index >= 15 is 0 Å². The van der Waals surface area contributed by atoms with Crippen LogP contribution in [0.4, 0.5) is 0 Å². The predicted molar refractivity (Wildman–Crippen MR) is 150 cm³/mol. The maximum absolute atomic E-state index is 2.66. The van der Waals surface area contributed by atoms with Crippen LogP contribution in [0, 0.1) is 13.8 Å². The van der Waals surface area contributed by atoms with Crippen molar-refractivity contribution in [2.75, 3.05) is 0 Å². The van der Waals surface area contributed by atoms with E-state index in [2.05, 4.69) is 92.7 Å². The van der Waals surface area contributed by atoms with E-state index in [1.165, 1.54) is 25.7 Å². The molecule has 0 fully saturated rings. The molecule has 0 saturated heterocycles. The molecule has 0 nitrogen and oxygen atoms in total. The first-order chi connectivity index (χ1) is 16.1. The molecule has 0 amide bonds. The maximum atomic E-state index is 2.66. The number of aryl methyl sites for hydroxylation is 4. The minimum Gasteiger partial charge on any atom is -1.00 e. The SMILES string of the molecule is CCCc1ccc(C)c2c1C(C)=C(C)[CH]2[Zr+2]([CH]1C(C)=C(C)c2c(CCC)ccc(C)c21)=[Si](C)C.[Cl-].[Cl-]. The molecule has 0 bridgehead atoms. The van der Waals surface area contributed by atoms with E-state index in [9.17, 15) is 0 Å². The van der Waals surface area contributed by atoms with Crippen LogP contribution >= 0.6 is 0 Å². The van der Waals surface area contributed by atoms with E-state index in [1.54, 1.807) is 66.8 Å². The summed E-state index contributed by atoms with van der Waals surface area (Å²) in [5.74, 6) is 0. The Bertz CT molecular complexity index is 1170. The van der Waals surface area contributed by atoms with E-state index in [0.29, 0.717) is 0 Å². The monoisotopic (exact) mass is 616 g/mol. The minimum atomic E-state index is -2.02. The maximum Gasteiger partial charge on any atom is -1.00 e. The average molecular weight is 619 g/mol. The first kappa shape index (κ1) is 31.8. The number of fused-ring (bicyclic) bond motifs is 2. The van der Waals surface area contributed by atoms with Crippen LogP contribution in [0.5, 0.6) is 0 Å². The van der Waals surface area contributed by atoms with Gasteiger partial charge in [0.15, 0.2) is 0 Å². The molecule has 2 aliphatic rings. The van der Waals surface area contributed by atoms with Crippen molar-refractivity contribution in [1.82, 2.24) is 0 Å². The number of benzene rings is 2. The summed E-state index contributed by atoms with van der Waals surface area (Å²) < 4.78 is 1.48. The molecule has 0 heterocycles.